The van der Waals surface area contributed by atoms with E-state index in [-0.39, 0.29) is 12.5 Å². The third-order valence-electron chi connectivity index (χ3n) is 2.95. The molecule has 2 aromatic rings. The molecule has 5 heteroatoms. The molecule has 2 rings (SSSR count). The highest BCUT2D eigenvalue weighted by Crippen LogP contribution is 2.25. The summed E-state index contributed by atoms with van der Waals surface area (Å²) in [4.78, 5) is 11.9. The van der Waals surface area contributed by atoms with Gasteiger partial charge in [0.2, 0.25) is 0 Å². The first-order valence-electron chi connectivity index (χ1n) is 6.86. The van der Waals surface area contributed by atoms with Crippen molar-refractivity contribution >= 4 is 11.6 Å². The molecular formula is C17H19NO4. The fourth-order valence-electron chi connectivity index (χ4n) is 1.98. The molecule has 0 unspecified atom stereocenters. The number of anilines is 1. The second-order valence-corrected chi connectivity index (χ2v) is 4.62. The van der Waals surface area contributed by atoms with Gasteiger partial charge in [0.25, 0.3) is 5.91 Å². The molecule has 0 aliphatic rings. The standard InChI is InChI=1S/C17H19NO4/c1-20-11-13-6-5-7-14(10-13)18-17(19)12-22-16-9-4-3-8-15(16)21-2/h3-10H,11-12H2,1-2H3,(H,18,19). The Bertz CT molecular complexity index is 628. The maximum absolute atomic E-state index is 11.9. The van der Waals surface area contributed by atoms with Gasteiger partial charge in [0, 0.05) is 12.8 Å². The van der Waals surface area contributed by atoms with Crippen molar-refractivity contribution in [1.82, 2.24) is 0 Å². The number of nitrogens with one attached hydrogen (secondary N) is 1. The topological polar surface area (TPSA) is 56.8 Å². The van der Waals surface area contributed by atoms with Crippen molar-refractivity contribution in [2.24, 2.45) is 0 Å². The van der Waals surface area contributed by atoms with Crippen LogP contribution in [0.5, 0.6) is 11.5 Å². The van der Waals surface area contributed by atoms with Crippen LogP contribution in [0.4, 0.5) is 5.69 Å². The van der Waals surface area contributed by atoms with Crippen molar-refractivity contribution in [2.75, 3.05) is 26.1 Å². The molecule has 0 saturated carbocycles. The number of para-hydroxylation sites is 2. The lowest BCUT2D eigenvalue weighted by Crippen LogP contribution is -2.20. The van der Waals surface area contributed by atoms with Crippen molar-refractivity contribution < 1.29 is 19.0 Å². The minimum absolute atomic E-state index is 0.0884. The van der Waals surface area contributed by atoms with Crippen LogP contribution in [0.25, 0.3) is 0 Å². The quantitative estimate of drug-likeness (QED) is 0.854. The number of amides is 1. The smallest absolute Gasteiger partial charge is 0.262 e. The molecule has 0 fully saturated rings. The van der Waals surface area contributed by atoms with Gasteiger partial charge in [0.15, 0.2) is 18.1 Å². The monoisotopic (exact) mass is 301 g/mol. The molecule has 0 radical (unpaired) electrons. The van der Waals surface area contributed by atoms with Crippen molar-refractivity contribution in [2.45, 2.75) is 6.61 Å². The zero-order valence-electron chi connectivity index (χ0n) is 12.7. The van der Waals surface area contributed by atoms with E-state index in [1.54, 1.807) is 26.4 Å². The van der Waals surface area contributed by atoms with Crippen molar-refractivity contribution in [1.29, 1.82) is 0 Å². The molecule has 116 valence electrons. The fraction of sp³-hybridized carbons (Fsp3) is 0.235. The zero-order valence-corrected chi connectivity index (χ0v) is 12.7. The summed E-state index contributed by atoms with van der Waals surface area (Å²) in [5, 5.41) is 2.79. The first kappa shape index (κ1) is 15.9. The largest absolute Gasteiger partial charge is 0.493 e. The van der Waals surface area contributed by atoms with Gasteiger partial charge in [0.1, 0.15) is 0 Å². The zero-order chi connectivity index (χ0) is 15.8. The molecule has 0 aliphatic heterocycles. The Morgan fingerprint density at radius 2 is 1.82 bits per heavy atom. The summed E-state index contributed by atoms with van der Waals surface area (Å²) in [6, 6.07) is 14.7. The van der Waals surface area contributed by atoms with E-state index in [1.807, 2.05) is 36.4 Å². The fourth-order valence-corrected chi connectivity index (χ4v) is 1.98. The van der Waals surface area contributed by atoms with E-state index in [0.29, 0.717) is 23.8 Å². The highest BCUT2D eigenvalue weighted by Gasteiger charge is 2.07. The molecular weight excluding hydrogens is 282 g/mol. The molecule has 0 spiro atoms. The summed E-state index contributed by atoms with van der Waals surface area (Å²) in [6.07, 6.45) is 0. The van der Waals surface area contributed by atoms with Gasteiger partial charge in [-0.15, -0.1) is 0 Å². The van der Waals surface area contributed by atoms with Crippen LogP contribution in [-0.4, -0.2) is 26.7 Å². The van der Waals surface area contributed by atoms with Crippen LogP contribution in [0.3, 0.4) is 0 Å². The Hall–Kier alpha value is -2.53. The lowest BCUT2D eigenvalue weighted by atomic mass is 10.2. The molecule has 1 N–H and O–H groups in total. The van der Waals surface area contributed by atoms with Gasteiger partial charge in [0.05, 0.1) is 13.7 Å². The average molecular weight is 301 g/mol. The number of benzene rings is 2. The van der Waals surface area contributed by atoms with E-state index < -0.39 is 0 Å². The van der Waals surface area contributed by atoms with Crippen LogP contribution >= 0.6 is 0 Å². The highest BCUT2D eigenvalue weighted by molar-refractivity contribution is 5.91. The SMILES string of the molecule is COCc1cccc(NC(=O)COc2ccccc2OC)c1. The predicted octanol–water partition coefficient (Wildman–Crippen LogP) is 2.86. The van der Waals surface area contributed by atoms with Gasteiger partial charge in [-0.25, -0.2) is 0 Å². The number of methoxy groups -OCH3 is 2. The van der Waals surface area contributed by atoms with Crippen LogP contribution in [-0.2, 0) is 16.1 Å². The molecule has 5 nitrogen and oxygen atoms in total. The molecule has 0 saturated heterocycles. The third kappa shape index (κ3) is 4.49. The summed E-state index contributed by atoms with van der Waals surface area (Å²) < 4.78 is 15.7. The summed E-state index contributed by atoms with van der Waals surface area (Å²) in [5.74, 6) is 0.895. The van der Waals surface area contributed by atoms with Crippen LogP contribution < -0.4 is 14.8 Å². The summed E-state index contributed by atoms with van der Waals surface area (Å²) in [7, 11) is 3.19. The molecule has 0 aromatic heterocycles. The lowest BCUT2D eigenvalue weighted by molar-refractivity contribution is -0.118. The Labute approximate surface area is 129 Å². The van der Waals surface area contributed by atoms with Crippen LogP contribution in [0.1, 0.15) is 5.56 Å². The Morgan fingerprint density at radius 1 is 1.05 bits per heavy atom. The molecule has 0 bridgehead atoms. The normalized spacial score (nSPS) is 10.1. The molecule has 1 amide bonds. The average Bonchev–Trinajstić information content (AvgIpc) is 2.54. The van der Waals surface area contributed by atoms with Crippen LogP contribution in [0, 0.1) is 0 Å². The predicted molar refractivity (Wildman–Crippen MR) is 84.3 cm³/mol. The van der Waals surface area contributed by atoms with Gasteiger partial charge in [-0.1, -0.05) is 24.3 Å². The molecule has 0 atom stereocenters. The van der Waals surface area contributed by atoms with Gasteiger partial charge in [-0.05, 0) is 29.8 Å². The maximum atomic E-state index is 11.9. The number of carbonyl (C=O) groups is 1. The third-order valence-corrected chi connectivity index (χ3v) is 2.95. The van der Waals surface area contributed by atoms with Gasteiger partial charge in [-0.2, -0.15) is 0 Å². The second kappa shape index (κ2) is 8.05. The van der Waals surface area contributed by atoms with Gasteiger partial charge in [-0.3, -0.25) is 4.79 Å². The number of rotatable bonds is 7. The number of carbonyl (C=O) groups excluding carboxylic acids is 1. The Kier molecular flexibility index (Phi) is 5.80. The van der Waals surface area contributed by atoms with Crippen LogP contribution in [0.15, 0.2) is 48.5 Å². The minimum Gasteiger partial charge on any atom is -0.493 e. The number of ether oxygens (including phenoxy) is 3. The van der Waals surface area contributed by atoms with E-state index >= 15 is 0 Å². The highest BCUT2D eigenvalue weighted by atomic mass is 16.5. The van der Waals surface area contributed by atoms with Gasteiger partial charge >= 0.3 is 0 Å². The van der Waals surface area contributed by atoms with Gasteiger partial charge < -0.3 is 19.5 Å². The van der Waals surface area contributed by atoms with Crippen molar-refractivity contribution in [3.8, 4) is 11.5 Å². The molecule has 0 heterocycles. The maximum Gasteiger partial charge on any atom is 0.262 e. The number of hydrogen-bond acceptors (Lipinski definition) is 4. The van der Waals surface area contributed by atoms with E-state index in [0.717, 1.165) is 5.56 Å². The molecule has 0 aliphatic carbocycles. The molecule has 22 heavy (non-hydrogen) atoms. The van der Waals surface area contributed by atoms with E-state index in [9.17, 15) is 4.79 Å². The van der Waals surface area contributed by atoms with E-state index in [4.69, 9.17) is 14.2 Å². The van der Waals surface area contributed by atoms with E-state index in [2.05, 4.69) is 5.32 Å². The lowest BCUT2D eigenvalue weighted by Gasteiger charge is -2.11. The van der Waals surface area contributed by atoms with Crippen molar-refractivity contribution in [3.63, 3.8) is 0 Å². The molecule has 2 aromatic carbocycles. The Morgan fingerprint density at radius 3 is 2.55 bits per heavy atom. The summed E-state index contributed by atoms with van der Waals surface area (Å²) in [6.45, 7) is 0.413. The Balaban J connectivity index is 1.91. The van der Waals surface area contributed by atoms with Crippen molar-refractivity contribution in [3.05, 3.63) is 54.1 Å². The first-order valence-corrected chi connectivity index (χ1v) is 6.86. The summed E-state index contributed by atoms with van der Waals surface area (Å²) in [5.41, 5.74) is 1.70. The van der Waals surface area contributed by atoms with Crippen LogP contribution in [0.2, 0.25) is 0 Å². The number of hydrogen-bond donors (Lipinski definition) is 1. The second-order valence-electron chi connectivity index (χ2n) is 4.62. The summed E-state index contributed by atoms with van der Waals surface area (Å²) >= 11 is 0. The van der Waals surface area contributed by atoms with E-state index in [1.165, 1.54) is 0 Å². The minimum atomic E-state index is -0.236. The first-order chi connectivity index (χ1) is 10.7.